The SMILES string of the molecule is Cc1cccc(C)c1NC(=O)C1CC2(CCC2)N1C(=O)OC(C)(C)C. The highest BCUT2D eigenvalue weighted by Crippen LogP contribution is 2.51. The first-order valence-electron chi connectivity index (χ1n) is 9.02. The Balaban J connectivity index is 1.77. The molecule has 2 amide bonds. The molecule has 1 unspecified atom stereocenters. The van der Waals surface area contributed by atoms with Gasteiger partial charge in [0.15, 0.2) is 0 Å². The first-order valence-corrected chi connectivity index (χ1v) is 9.02. The van der Waals surface area contributed by atoms with Crippen LogP contribution in [0.1, 0.15) is 57.6 Å². The van der Waals surface area contributed by atoms with E-state index in [9.17, 15) is 9.59 Å². The molecule has 1 spiro atoms. The van der Waals surface area contributed by atoms with Crippen LogP contribution < -0.4 is 5.32 Å². The minimum absolute atomic E-state index is 0.124. The largest absolute Gasteiger partial charge is 0.444 e. The quantitative estimate of drug-likeness (QED) is 0.876. The molecule has 1 aliphatic carbocycles. The summed E-state index contributed by atoms with van der Waals surface area (Å²) in [5.41, 5.74) is 2.16. The van der Waals surface area contributed by atoms with Crippen molar-refractivity contribution in [2.75, 3.05) is 5.32 Å². The van der Waals surface area contributed by atoms with Gasteiger partial charge in [0.25, 0.3) is 0 Å². The standard InChI is InChI=1S/C20H28N2O3/c1-13-8-6-9-14(2)16(13)21-17(23)15-12-20(10-7-11-20)22(15)18(24)25-19(3,4)5/h6,8-9,15H,7,10-12H2,1-5H3,(H,21,23). The molecule has 1 heterocycles. The maximum atomic E-state index is 12.8. The van der Waals surface area contributed by atoms with Gasteiger partial charge in [0.2, 0.25) is 5.91 Å². The number of hydrogen-bond acceptors (Lipinski definition) is 3. The fourth-order valence-electron chi connectivity index (χ4n) is 3.86. The highest BCUT2D eigenvalue weighted by atomic mass is 16.6. The summed E-state index contributed by atoms with van der Waals surface area (Å²) in [6.07, 6.45) is 3.37. The van der Waals surface area contributed by atoms with Crippen LogP contribution >= 0.6 is 0 Å². The van der Waals surface area contributed by atoms with Crippen LogP contribution in [-0.2, 0) is 9.53 Å². The molecule has 1 saturated heterocycles. The van der Waals surface area contributed by atoms with Crippen LogP contribution in [0, 0.1) is 13.8 Å². The number of anilines is 1. The van der Waals surface area contributed by atoms with E-state index >= 15 is 0 Å². The van der Waals surface area contributed by atoms with Crippen LogP contribution in [0.4, 0.5) is 10.5 Å². The van der Waals surface area contributed by atoms with Crippen LogP contribution in [0.5, 0.6) is 0 Å². The van der Waals surface area contributed by atoms with Gasteiger partial charge in [-0.25, -0.2) is 4.79 Å². The van der Waals surface area contributed by atoms with Crippen LogP contribution in [0.3, 0.4) is 0 Å². The molecule has 5 nitrogen and oxygen atoms in total. The monoisotopic (exact) mass is 344 g/mol. The van der Waals surface area contributed by atoms with Gasteiger partial charge in [0, 0.05) is 17.6 Å². The number of hydrogen-bond donors (Lipinski definition) is 1. The maximum absolute atomic E-state index is 12.8. The van der Waals surface area contributed by atoms with E-state index in [0.717, 1.165) is 42.5 Å². The predicted octanol–water partition coefficient (Wildman–Crippen LogP) is 4.17. The number of para-hydroxylation sites is 1. The van der Waals surface area contributed by atoms with Crippen LogP contribution in [0.2, 0.25) is 0 Å². The second-order valence-electron chi connectivity index (χ2n) is 8.40. The zero-order chi connectivity index (χ0) is 18.4. The van der Waals surface area contributed by atoms with Crippen molar-refractivity contribution in [1.82, 2.24) is 4.90 Å². The number of rotatable bonds is 2. The van der Waals surface area contributed by atoms with Crippen molar-refractivity contribution >= 4 is 17.7 Å². The average molecular weight is 344 g/mol. The molecule has 5 heteroatoms. The molecular formula is C20H28N2O3. The molecular weight excluding hydrogens is 316 g/mol. The van der Waals surface area contributed by atoms with E-state index in [1.165, 1.54) is 0 Å². The molecule has 1 atom stereocenters. The molecule has 25 heavy (non-hydrogen) atoms. The summed E-state index contributed by atoms with van der Waals surface area (Å²) in [5.74, 6) is -0.124. The summed E-state index contributed by atoms with van der Waals surface area (Å²) < 4.78 is 5.56. The summed E-state index contributed by atoms with van der Waals surface area (Å²) in [6.45, 7) is 9.50. The van der Waals surface area contributed by atoms with Gasteiger partial charge < -0.3 is 10.1 Å². The second-order valence-corrected chi connectivity index (χ2v) is 8.40. The van der Waals surface area contributed by atoms with E-state index in [4.69, 9.17) is 4.74 Å². The fraction of sp³-hybridized carbons (Fsp3) is 0.600. The molecule has 3 rings (SSSR count). The lowest BCUT2D eigenvalue weighted by Gasteiger charge is -2.61. The number of benzene rings is 1. The molecule has 1 aromatic rings. The maximum Gasteiger partial charge on any atom is 0.411 e. The van der Waals surface area contributed by atoms with Crippen LogP contribution in [-0.4, -0.2) is 34.1 Å². The Hall–Kier alpha value is -2.04. The number of amides is 2. The summed E-state index contributed by atoms with van der Waals surface area (Å²) in [4.78, 5) is 27.2. The van der Waals surface area contributed by atoms with Crippen molar-refractivity contribution in [1.29, 1.82) is 0 Å². The number of likely N-dealkylation sites (tertiary alicyclic amines) is 1. The zero-order valence-electron chi connectivity index (χ0n) is 15.8. The second kappa shape index (κ2) is 6.04. The lowest BCUT2D eigenvalue weighted by Crippen LogP contribution is -2.73. The number of carbonyl (C=O) groups is 2. The minimum atomic E-state index is -0.564. The molecule has 0 bridgehead atoms. The number of nitrogens with zero attached hydrogens (tertiary/aromatic N) is 1. The third-order valence-corrected chi connectivity index (χ3v) is 5.30. The summed E-state index contributed by atoms with van der Waals surface area (Å²) >= 11 is 0. The molecule has 0 radical (unpaired) electrons. The summed E-state index contributed by atoms with van der Waals surface area (Å²) in [6, 6.07) is 5.47. The molecule has 2 aliphatic rings. The molecule has 1 N–H and O–H groups in total. The molecule has 1 saturated carbocycles. The van der Waals surface area contributed by atoms with Gasteiger partial charge >= 0.3 is 6.09 Å². The highest BCUT2D eigenvalue weighted by Gasteiger charge is 2.60. The van der Waals surface area contributed by atoms with Crippen LogP contribution in [0.25, 0.3) is 0 Å². The first kappa shape index (κ1) is 17.8. The fourth-order valence-corrected chi connectivity index (χ4v) is 3.86. The smallest absolute Gasteiger partial charge is 0.411 e. The van der Waals surface area contributed by atoms with Crippen molar-refractivity contribution in [3.05, 3.63) is 29.3 Å². The molecule has 0 aromatic heterocycles. The molecule has 1 aliphatic heterocycles. The first-order chi connectivity index (χ1) is 11.6. The van der Waals surface area contributed by atoms with Gasteiger partial charge in [-0.15, -0.1) is 0 Å². The van der Waals surface area contributed by atoms with Crippen LogP contribution in [0.15, 0.2) is 18.2 Å². The summed E-state index contributed by atoms with van der Waals surface area (Å²) in [7, 11) is 0. The van der Waals surface area contributed by atoms with E-state index in [2.05, 4.69) is 5.32 Å². The Kier molecular flexibility index (Phi) is 4.30. The van der Waals surface area contributed by atoms with Gasteiger partial charge in [0.05, 0.1) is 0 Å². The topological polar surface area (TPSA) is 58.6 Å². The van der Waals surface area contributed by atoms with Gasteiger partial charge in [-0.1, -0.05) is 18.2 Å². The molecule has 2 fully saturated rings. The Morgan fingerprint density at radius 3 is 2.28 bits per heavy atom. The average Bonchev–Trinajstić information content (AvgIpc) is 2.38. The van der Waals surface area contributed by atoms with Crippen molar-refractivity contribution in [3.63, 3.8) is 0 Å². The van der Waals surface area contributed by atoms with Gasteiger partial charge in [0.1, 0.15) is 11.6 Å². The Bertz CT molecular complexity index is 681. The Labute approximate surface area is 149 Å². The Morgan fingerprint density at radius 1 is 1.20 bits per heavy atom. The lowest BCUT2D eigenvalue weighted by molar-refractivity contribution is -0.148. The van der Waals surface area contributed by atoms with Gasteiger partial charge in [-0.2, -0.15) is 0 Å². The molecule has 1 aromatic carbocycles. The minimum Gasteiger partial charge on any atom is -0.444 e. The van der Waals surface area contributed by atoms with Gasteiger partial charge in [-0.3, -0.25) is 9.69 Å². The van der Waals surface area contributed by atoms with Crippen molar-refractivity contribution in [2.45, 2.75) is 77.5 Å². The van der Waals surface area contributed by atoms with Crippen molar-refractivity contribution in [3.8, 4) is 0 Å². The third kappa shape index (κ3) is 3.24. The number of nitrogens with one attached hydrogen (secondary N) is 1. The third-order valence-electron chi connectivity index (χ3n) is 5.30. The van der Waals surface area contributed by atoms with Crippen molar-refractivity contribution in [2.24, 2.45) is 0 Å². The van der Waals surface area contributed by atoms with E-state index in [1.54, 1.807) is 4.90 Å². The Morgan fingerprint density at radius 2 is 1.80 bits per heavy atom. The molecule has 136 valence electrons. The number of aryl methyl sites for hydroxylation is 2. The van der Waals surface area contributed by atoms with E-state index in [-0.39, 0.29) is 17.5 Å². The zero-order valence-corrected chi connectivity index (χ0v) is 15.8. The van der Waals surface area contributed by atoms with E-state index in [1.807, 2.05) is 52.8 Å². The van der Waals surface area contributed by atoms with E-state index in [0.29, 0.717) is 0 Å². The normalized spacial score (nSPS) is 21.3. The predicted molar refractivity (Wildman–Crippen MR) is 97.6 cm³/mol. The van der Waals surface area contributed by atoms with E-state index < -0.39 is 11.6 Å². The summed E-state index contributed by atoms with van der Waals surface area (Å²) in [5, 5.41) is 3.03. The van der Waals surface area contributed by atoms with Crippen molar-refractivity contribution < 1.29 is 14.3 Å². The number of carbonyl (C=O) groups excluding carboxylic acids is 2. The number of ether oxygens (including phenoxy) is 1. The van der Waals surface area contributed by atoms with Gasteiger partial charge in [-0.05, 0) is 65.0 Å². The lowest BCUT2D eigenvalue weighted by atomic mass is 9.64. The highest BCUT2D eigenvalue weighted by molar-refractivity contribution is 5.99.